The number of carboxylic acid groups (broad SMARTS) is 1. The Morgan fingerprint density at radius 3 is 1.87 bits per heavy atom. The fourth-order valence-electron chi connectivity index (χ4n) is 1.85. The van der Waals surface area contributed by atoms with Crippen LogP contribution in [0, 0.1) is 22.0 Å². The predicted octanol–water partition coefficient (Wildman–Crippen LogP) is 1.50. The molecule has 0 saturated carbocycles. The maximum absolute atomic E-state index is 12.7. The Labute approximate surface area is 173 Å². The topological polar surface area (TPSA) is 122 Å². The van der Waals surface area contributed by atoms with Crippen molar-refractivity contribution in [2.75, 3.05) is 26.3 Å². The van der Waals surface area contributed by atoms with Crippen LogP contribution >= 0.6 is 67.8 Å². The van der Waals surface area contributed by atoms with Crippen molar-refractivity contribution in [1.82, 2.24) is 4.90 Å². The van der Waals surface area contributed by atoms with Crippen molar-refractivity contribution >= 4 is 79.6 Å². The molecule has 0 aliphatic heterocycles. The molecule has 10 heteroatoms. The quantitative estimate of drug-likeness (QED) is 0.400. The lowest BCUT2D eigenvalue weighted by Crippen LogP contribution is -2.37. The number of nitrogens with zero attached hydrogens (tertiary/aromatic N) is 2. The summed E-state index contributed by atoms with van der Waals surface area (Å²) in [5.74, 6) is -1.76. The number of aliphatic hydroxyl groups excluding tert-OH is 2. The first-order chi connectivity index (χ1) is 10.8. The molecule has 7 nitrogen and oxygen atoms in total. The average Bonchev–Trinajstić information content (AvgIpc) is 2.46. The predicted molar refractivity (Wildman–Crippen MR) is 106 cm³/mol. The lowest BCUT2D eigenvalue weighted by Gasteiger charge is -2.23. The van der Waals surface area contributed by atoms with Gasteiger partial charge in [-0.05, 0) is 67.8 Å². The summed E-state index contributed by atoms with van der Waals surface area (Å²) in [5.41, 5.74) is 0.127. The Kier molecular flexibility index (Phi) is 8.41. The van der Waals surface area contributed by atoms with Crippen LogP contribution in [0.5, 0.6) is 0 Å². The van der Waals surface area contributed by atoms with Crippen LogP contribution in [-0.4, -0.2) is 58.4 Å². The summed E-state index contributed by atoms with van der Waals surface area (Å²) >= 11 is 5.39. The molecular weight excluding hydrogens is 645 g/mol. The van der Waals surface area contributed by atoms with E-state index in [1.54, 1.807) is 45.2 Å². The molecule has 0 unspecified atom stereocenters. The second-order valence-corrected chi connectivity index (χ2v) is 7.46. The zero-order chi connectivity index (χ0) is 17.7. The third kappa shape index (κ3) is 4.44. The summed E-state index contributed by atoms with van der Waals surface area (Å²) in [4.78, 5) is 25.4. The molecule has 0 saturated heterocycles. The Morgan fingerprint density at radius 2 is 1.48 bits per heavy atom. The number of hydrogen-bond acceptors (Lipinski definition) is 5. The molecule has 1 aromatic carbocycles. The van der Waals surface area contributed by atoms with E-state index in [4.69, 9.17) is 10.2 Å². The van der Waals surface area contributed by atoms with Crippen LogP contribution in [0.3, 0.4) is 0 Å². The molecule has 0 aliphatic rings. The van der Waals surface area contributed by atoms with E-state index >= 15 is 0 Å². The van der Waals surface area contributed by atoms with Crippen LogP contribution in [0.15, 0.2) is 0 Å². The zero-order valence-electron chi connectivity index (χ0n) is 11.5. The highest BCUT2D eigenvalue weighted by atomic mass is 127. The second kappa shape index (κ2) is 9.30. The fraction of sp³-hybridized carbons (Fsp3) is 0.308. The van der Waals surface area contributed by atoms with E-state index in [0.717, 1.165) is 0 Å². The van der Waals surface area contributed by atoms with Crippen molar-refractivity contribution in [3.8, 4) is 6.07 Å². The number of amides is 1. The molecule has 1 amide bonds. The molecule has 0 heterocycles. The number of carbonyl (C=O) groups is 2. The van der Waals surface area contributed by atoms with Crippen molar-refractivity contribution in [3.05, 3.63) is 27.4 Å². The minimum Gasteiger partial charge on any atom is -0.478 e. The summed E-state index contributed by atoms with van der Waals surface area (Å²) in [6.45, 7) is -0.579. The van der Waals surface area contributed by atoms with E-state index in [-0.39, 0.29) is 50.1 Å². The Bertz CT molecular complexity index is 681. The van der Waals surface area contributed by atoms with E-state index in [1.807, 2.05) is 28.7 Å². The van der Waals surface area contributed by atoms with Crippen molar-refractivity contribution in [2.45, 2.75) is 0 Å². The van der Waals surface area contributed by atoms with Crippen LogP contribution in [0.25, 0.3) is 0 Å². The standard InChI is InChI=1S/C13H11I3N2O5/c14-9-6(5-17)10(15)8(13(22)23)11(16)7(9)12(21)18(1-3-19)2-4-20/h19-20H,1-4H2,(H,22,23). The number of rotatable bonds is 6. The monoisotopic (exact) mass is 656 g/mol. The van der Waals surface area contributed by atoms with Gasteiger partial charge in [-0.1, -0.05) is 0 Å². The van der Waals surface area contributed by atoms with Gasteiger partial charge in [0.2, 0.25) is 0 Å². The Morgan fingerprint density at radius 1 is 1.00 bits per heavy atom. The van der Waals surface area contributed by atoms with Gasteiger partial charge in [-0.2, -0.15) is 5.26 Å². The minimum atomic E-state index is -1.23. The third-order valence-corrected chi connectivity index (χ3v) is 6.12. The molecule has 0 aromatic heterocycles. The molecule has 1 aromatic rings. The highest BCUT2D eigenvalue weighted by Crippen LogP contribution is 2.32. The van der Waals surface area contributed by atoms with E-state index in [9.17, 15) is 20.0 Å². The van der Waals surface area contributed by atoms with Crippen LogP contribution in [-0.2, 0) is 0 Å². The highest BCUT2D eigenvalue weighted by molar-refractivity contribution is 14.1. The van der Waals surface area contributed by atoms with Gasteiger partial charge in [0, 0.05) is 23.8 Å². The van der Waals surface area contributed by atoms with Gasteiger partial charge < -0.3 is 20.2 Å². The van der Waals surface area contributed by atoms with E-state index < -0.39 is 11.9 Å². The van der Waals surface area contributed by atoms with Gasteiger partial charge in [-0.15, -0.1) is 0 Å². The number of benzene rings is 1. The fourth-order valence-corrected chi connectivity index (χ4v) is 6.18. The number of aliphatic hydroxyl groups is 2. The summed E-state index contributed by atoms with van der Waals surface area (Å²) < 4.78 is 0.863. The second-order valence-electron chi connectivity index (χ2n) is 4.22. The Hall–Kier alpha value is -0.240. The first-order valence-electron chi connectivity index (χ1n) is 6.16. The van der Waals surface area contributed by atoms with Gasteiger partial charge in [-0.3, -0.25) is 4.79 Å². The summed E-state index contributed by atoms with van der Waals surface area (Å²) in [6, 6.07) is 1.93. The van der Waals surface area contributed by atoms with Gasteiger partial charge in [0.25, 0.3) is 5.91 Å². The molecule has 23 heavy (non-hydrogen) atoms. The van der Waals surface area contributed by atoms with Crippen molar-refractivity contribution in [1.29, 1.82) is 5.26 Å². The smallest absolute Gasteiger partial charge is 0.337 e. The van der Waals surface area contributed by atoms with Gasteiger partial charge in [0.15, 0.2) is 0 Å². The van der Waals surface area contributed by atoms with Gasteiger partial charge in [0.05, 0.1) is 29.9 Å². The van der Waals surface area contributed by atoms with E-state index in [0.29, 0.717) is 3.57 Å². The molecular formula is C13H11I3N2O5. The third-order valence-electron chi connectivity index (χ3n) is 2.88. The molecule has 0 fully saturated rings. The molecule has 1 rings (SSSR count). The van der Waals surface area contributed by atoms with Crippen molar-refractivity contribution in [2.24, 2.45) is 0 Å². The Balaban J connectivity index is 3.64. The number of nitriles is 1. The summed E-state index contributed by atoms with van der Waals surface area (Å²) in [6.07, 6.45) is 0. The SMILES string of the molecule is N#Cc1c(I)c(C(=O)O)c(I)c(C(=O)N(CCO)CCO)c1I. The molecule has 0 aliphatic carbocycles. The van der Waals surface area contributed by atoms with Crippen LogP contribution in [0.1, 0.15) is 26.3 Å². The zero-order valence-corrected chi connectivity index (χ0v) is 18.0. The van der Waals surface area contributed by atoms with Gasteiger partial charge in [0.1, 0.15) is 6.07 Å². The number of aromatic carboxylic acids is 1. The first kappa shape index (κ1) is 20.8. The van der Waals surface area contributed by atoms with Crippen molar-refractivity contribution < 1.29 is 24.9 Å². The molecule has 0 atom stereocenters. The number of halogens is 3. The van der Waals surface area contributed by atoms with E-state index in [2.05, 4.69) is 0 Å². The largest absolute Gasteiger partial charge is 0.478 e. The molecule has 0 radical (unpaired) electrons. The van der Waals surface area contributed by atoms with Crippen LogP contribution in [0.4, 0.5) is 0 Å². The first-order valence-corrected chi connectivity index (χ1v) is 9.40. The van der Waals surface area contributed by atoms with Gasteiger partial charge >= 0.3 is 5.97 Å². The number of carbonyl (C=O) groups excluding carboxylic acids is 1. The van der Waals surface area contributed by atoms with Crippen LogP contribution in [0.2, 0.25) is 0 Å². The molecule has 0 bridgehead atoms. The molecule has 3 N–H and O–H groups in total. The highest BCUT2D eigenvalue weighted by Gasteiger charge is 2.29. The maximum atomic E-state index is 12.7. The number of carboxylic acids is 1. The summed E-state index contributed by atoms with van der Waals surface area (Å²) in [5, 5.41) is 36.8. The summed E-state index contributed by atoms with van der Waals surface area (Å²) in [7, 11) is 0. The molecule has 0 spiro atoms. The number of hydrogen-bond donors (Lipinski definition) is 3. The molecule has 124 valence electrons. The van der Waals surface area contributed by atoms with Crippen LogP contribution < -0.4 is 0 Å². The lowest BCUT2D eigenvalue weighted by molar-refractivity contribution is 0.0681. The minimum absolute atomic E-state index is 0.00182. The van der Waals surface area contributed by atoms with Crippen molar-refractivity contribution in [3.63, 3.8) is 0 Å². The van der Waals surface area contributed by atoms with E-state index in [1.165, 1.54) is 4.90 Å². The normalized spacial score (nSPS) is 10.3. The maximum Gasteiger partial charge on any atom is 0.337 e. The van der Waals surface area contributed by atoms with Gasteiger partial charge in [-0.25, -0.2) is 4.79 Å². The lowest BCUT2D eigenvalue weighted by atomic mass is 10.0. The average molecular weight is 656 g/mol.